The number of fused-ring (bicyclic) bond motifs is 1. The molecule has 0 aliphatic carbocycles. The van der Waals surface area contributed by atoms with Crippen molar-refractivity contribution in [3.8, 4) is 11.8 Å². The van der Waals surface area contributed by atoms with Gasteiger partial charge in [-0.1, -0.05) is 0 Å². The Morgan fingerprint density at radius 2 is 2.37 bits per heavy atom. The van der Waals surface area contributed by atoms with Crippen molar-refractivity contribution in [2.24, 2.45) is 0 Å². The largest absolute Gasteiger partial charge is 0.493 e. The number of ketones is 1. The number of carbonyl (C=O) groups is 1. The van der Waals surface area contributed by atoms with Crippen LogP contribution in [0.1, 0.15) is 29.3 Å². The molecule has 0 bridgehead atoms. The molecule has 4 nitrogen and oxygen atoms in total. The van der Waals surface area contributed by atoms with Gasteiger partial charge in [-0.25, -0.2) is 0 Å². The quantitative estimate of drug-likeness (QED) is 0.758. The van der Waals surface area contributed by atoms with Crippen LogP contribution in [0, 0.1) is 11.3 Å². The maximum Gasteiger partial charge on any atom is 0.176 e. The van der Waals surface area contributed by atoms with Crippen molar-refractivity contribution in [2.75, 3.05) is 20.2 Å². The molecule has 19 heavy (non-hydrogen) atoms. The van der Waals surface area contributed by atoms with Gasteiger partial charge in [-0.3, -0.25) is 9.69 Å². The lowest BCUT2D eigenvalue weighted by Gasteiger charge is -2.21. The molecule has 0 radical (unpaired) electrons. The van der Waals surface area contributed by atoms with Crippen LogP contribution in [-0.2, 0) is 6.42 Å². The fourth-order valence-corrected chi connectivity index (χ4v) is 2.12. The van der Waals surface area contributed by atoms with Crippen molar-refractivity contribution < 1.29 is 9.53 Å². The van der Waals surface area contributed by atoms with E-state index in [4.69, 9.17) is 10.00 Å². The van der Waals surface area contributed by atoms with Crippen molar-refractivity contribution in [2.45, 2.75) is 25.8 Å². The van der Waals surface area contributed by atoms with Crippen LogP contribution in [0.15, 0.2) is 18.2 Å². The average molecular weight is 258 g/mol. The molecule has 1 aromatic rings. The van der Waals surface area contributed by atoms with Crippen molar-refractivity contribution in [3.05, 3.63) is 29.3 Å². The Morgan fingerprint density at radius 3 is 3.11 bits per heavy atom. The van der Waals surface area contributed by atoms with Crippen LogP contribution in [-0.4, -0.2) is 36.9 Å². The summed E-state index contributed by atoms with van der Waals surface area (Å²) in [6.07, 6.45) is 1.30. The van der Waals surface area contributed by atoms with Gasteiger partial charge in [-0.15, -0.1) is 0 Å². The monoisotopic (exact) mass is 258 g/mol. The lowest BCUT2D eigenvalue weighted by Crippen LogP contribution is -2.33. The van der Waals surface area contributed by atoms with Gasteiger partial charge in [0.05, 0.1) is 25.6 Å². The summed E-state index contributed by atoms with van der Waals surface area (Å²) in [5.74, 6) is 0.977. The van der Waals surface area contributed by atoms with E-state index in [9.17, 15) is 4.79 Å². The maximum absolute atomic E-state index is 12.2. The number of likely N-dealkylation sites (N-methyl/N-ethyl adjacent to an activating group) is 1. The molecular formula is C15H18N2O2. The first kappa shape index (κ1) is 13.6. The molecule has 0 spiro atoms. The Morgan fingerprint density at radius 1 is 1.58 bits per heavy atom. The SMILES string of the molecule is CC(CC#N)N(C)CC(=O)c1ccc2c(c1)CCO2. The average Bonchev–Trinajstić information content (AvgIpc) is 2.85. The Balaban J connectivity index is 2.02. The van der Waals surface area contributed by atoms with Crippen molar-refractivity contribution in [1.82, 2.24) is 4.90 Å². The van der Waals surface area contributed by atoms with Crippen LogP contribution in [0.5, 0.6) is 5.75 Å². The van der Waals surface area contributed by atoms with E-state index in [1.165, 1.54) is 0 Å². The molecule has 1 aliphatic heterocycles. The fraction of sp³-hybridized carbons (Fsp3) is 0.467. The predicted molar refractivity (Wildman–Crippen MR) is 72.3 cm³/mol. The predicted octanol–water partition coefficient (Wildman–Crippen LogP) is 2.04. The molecule has 1 unspecified atom stereocenters. The number of rotatable bonds is 5. The maximum atomic E-state index is 12.2. The Hall–Kier alpha value is -1.86. The standard InChI is InChI=1S/C15H18N2O2/c1-11(5-7-16)17(2)10-14(18)12-3-4-15-13(9-12)6-8-19-15/h3-4,9,11H,5-6,8,10H2,1-2H3. The van der Waals surface area contributed by atoms with Crippen LogP contribution < -0.4 is 4.74 Å². The Kier molecular flexibility index (Phi) is 4.18. The van der Waals surface area contributed by atoms with Gasteiger partial charge in [0.15, 0.2) is 5.78 Å². The number of Topliss-reactive ketones (excluding diaryl/α,β-unsaturated/α-hetero) is 1. The number of carbonyl (C=O) groups excluding carboxylic acids is 1. The van der Waals surface area contributed by atoms with E-state index >= 15 is 0 Å². The minimum absolute atomic E-state index is 0.0852. The number of nitrogens with zero attached hydrogens (tertiary/aromatic N) is 2. The van der Waals surface area contributed by atoms with E-state index in [-0.39, 0.29) is 11.8 Å². The first-order valence-electron chi connectivity index (χ1n) is 6.48. The van der Waals surface area contributed by atoms with E-state index in [0.29, 0.717) is 19.6 Å². The second kappa shape index (κ2) is 5.85. The highest BCUT2D eigenvalue weighted by Gasteiger charge is 2.17. The molecular weight excluding hydrogens is 240 g/mol. The highest BCUT2D eigenvalue weighted by Crippen LogP contribution is 2.26. The minimum Gasteiger partial charge on any atom is -0.493 e. The molecule has 0 saturated heterocycles. The number of benzene rings is 1. The third kappa shape index (κ3) is 3.12. The molecule has 2 rings (SSSR count). The lowest BCUT2D eigenvalue weighted by molar-refractivity contribution is 0.0925. The van der Waals surface area contributed by atoms with E-state index in [2.05, 4.69) is 6.07 Å². The summed E-state index contributed by atoms with van der Waals surface area (Å²) in [6, 6.07) is 7.82. The highest BCUT2D eigenvalue weighted by molar-refractivity contribution is 5.98. The Bertz CT molecular complexity index is 519. The zero-order chi connectivity index (χ0) is 13.8. The molecule has 0 N–H and O–H groups in total. The van der Waals surface area contributed by atoms with Crippen LogP contribution in [0.2, 0.25) is 0 Å². The van der Waals surface area contributed by atoms with Gasteiger partial charge in [0.1, 0.15) is 5.75 Å². The van der Waals surface area contributed by atoms with Crippen LogP contribution in [0.4, 0.5) is 0 Å². The summed E-state index contributed by atoms with van der Waals surface area (Å²) in [5, 5.41) is 8.67. The summed E-state index contributed by atoms with van der Waals surface area (Å²) in [5.41, 5.74) is 1.83. The number of hydrogen-bond acceptors (Lipinski definition) is 4. The van der Waals surface area contributed by atoms with Gasteiger partial charge in [-0.05, 0) is 37.7 Å². The van der Waals surface area contributed by atoms with Gasteiger partial charge in [0.2, 0.25) is 0 Å². The first-order valence-corrected chi connectivity index (χ1v) is 6.48. The zero-order valence-electron chi connectivity index (χ0n) is 11.3. The molecule has 1 aromatic carbocycles. The molecule has 0 aromatic heterocycles. The molecule has 1 aliphatic rings. The highest BCUT2D eigenvalue weighted by atomic mass is 16.5. The fourth-order valence-electron chi connectivity index (χ4n) is 2.12. The normalized spacial score (nSPS) is 14.6. The summed E-state index contributed by atoms with van der Waals surface area (Å²) in [4.78, 5) is 14.1. The zero-order valence-corrected chi connectivity index (χ0v) is 11.3. The molecule has 100 valence electrons. The van der Waals surface area contributed by atoms with Crippen LogP contribution in [0.3, 0.4) is 0 Å². The van der Waals surface area contributed by atoms with Gasteiger partial charge in [0, 0.05) is 18.0 Å². The second-order valence-corrected chi connectivity index (χ2v) is 4.97. The Labute approximate surface area is 113 Å². The van der Waals surface area contributed by atoms with Crippen LogP contribution >= 0.6 is 0 Å². The van der Waals surface area contributed by atoms with E-state index in [1.54, 1.807) is 0 Å². The summed E-state index contributed by atoms with van der Waals surface area (Å²) >= 11 is 0. The summed E-state index contributed by atoms with van der Waals surface area (Å²) in [7, 11) is 1.87. The number of nitriles is 1. The lowest BCUT2D eigenvalue weighted by atomic mass is 10.0. The second-order valence-electron chi connectivity index (χ2n) is 4.97. The summed E-state index contributed by atoms with van der Waals surface area (Å²) < 4.78 is 5.43. The van der Waals surface area contributed by atoms with E-state index in [0.717, 1.165) is 23.3 Å². The van der Waals surface area contributed by atoms with Gasteiger partial charge in [0.25, 0.3) is 0 Å². The molecule has 0 amide bonds. The number of ether oxygens (including phenoxy) is 1. The van der Waals surface area contributed by atoms with E-state index < -0.39 is 0 Å². The molecule has 1 atom stereocenters. The first-order chi connectivity index (χ1) is 9.11. The van der Waals surface area contributed by atoms with Gasteiger partial charge < -0.3 is 4.74 Å². The van der Waals surface area contributed by atoms with E-state index in [1.807, 2.05) is 37.1 Å². The minimum atomic E-state index is 0.0852. The number of hydrogen-bond donors (Lipinski definition) is 0. The smallest absolute Gasteiger partial charge is 0.176 e. The topological polar surface area (TPSA) is 53.3 Å². The van der Waals surface area contributed by atoms with Gasteiger partial charge in [-0.2, -0.15) is 5.26 Å². The molecule has 0 saturated carbocycles. The third-order valence-electron chi connectivity index (χ3n) is 3.54. The van der Waals surface area contributed by atoms with Gasteiger partial charge >= 0.3 is 0 Å². The van der Waals surface area contributed by atoms with Crippen molar-refractivity contribution >= 4 is 5.78 Å². The van der Waals surface area contributed by atoms with Crippen molar-refractivity contribution in [1.29, 1.82) is 5.26 Å². The third-order valence-corrected chi connectivity index (χ3v) is 3.54. The van der Waals surface area contributed by atoms with Crippen molar-refractivity contribution in [3.63, 3.8) is 0 Å². The molecule has 4 heteroatoms. The molecule has 0 fully saturated rings. The van der Waals surface area contributed by atoms with Crippen LogP contribution in [0.25, 0.3) is 0 Å². The molecule has 1 heterocycles. The summed E-state index contributed by atoms with van der Waals surface area (Å²) in [6.45, 7) is 2.99.